The zero-order chi connectivity index (χ0) is 15.5. The number of aliphatic hydroxyl groups is 1. The minimum absolute atomic E-state index is 0.0719. The number of rotatable bonds is 3. The lowest BCUT2D eigenvalue weighted by atomic mass is 9.87. The highest BCUT2D eigenvalue weighted by molar-refractivity contribution is 5.95. The molecule has 1 heterocycles. The lowest BCUT2D eigenvalue weighted by Crippen LogP contribution is -2.49. The third-order valence-electron chi connectivity index (χ3n) is 5.15. The van der Waals surface area contributed by atoms with Gasteiger partial charge in [-0.05, 0) is 50.3 Å². The number of hydrogen-bond donors (Lipinski definition) is 1. The van der Waals surface area contributed by atoms with Crippen molar-refractivity contribution in [2.24, 2.45) is 5.92 Å². The van der Waals surface area contributed by atoms with Crippen molar-refractivity contribution in [3.63, 3.8) is 0 Å². The van der Waals surface area contributed by atoms with Gasteiger partial charge in [0.15, 0.2) is 0 Å². The maximum Gasteiger partial charge on any atom is 0.254 e. The predicted octanol–water partition coefficient (Wildman–Crippen LogP) is 2.85. The van der Waals surface area contributed by atoms with Gasteiger partial charge >= 0.3 is 0 Å². The van der Waals surface area contributed by atoms with Crippen molar-refractivity contribution in [1.29, 1.82) is 0 Å². The fourth-order valence-corrected chi connectivity index (χ4v) is 3.99. The fraction of sp³-hybridized carbons (Fsp3) is 0.611. The van der Waals surface area contributed by atoms with Crippen molar-refractivity contribution in [2.45, 2.75) is 50.7 Å². The molecule has 0 bridgehead atoms. The Morgan fingerprint density at radius 1 is 1.23 bits per heavy atom. The number of likely N-dealkylation sites (tertiary alicyclic amines) is 1. The molecule has 0 aromatic heterocycles. The first-order chi connectivity index (χ1) is 10.7. The Hall–Kier alpha value is -1.55. The van der Waals surface area contributed by atoms with Crippen LogP contribution in [0.3, 0.4) is 0 Å². The van der Waals surface area contributed by atoms with E-state index in [1.54, 1.807) is 13.2 Å². The van der Waals surface area contributed by atoms with E-state index in [9.17, 15) is 9.90 Å². The Kier molecular flexibility index (Phi) is 4.67. The van der Waals surface area contributed by atoms with Gasteiger partial charge in [-0.1, -0.05) is 12.5 Å². The minimum Gasteiger partial charge on any atom is -0.497 e. The number of methoxy groups -OCH3 is 1. The van der Waals surface area contributed by atoms with Gasteiger partial charge in [-0.2, -0.15) is 0 Å². The summed E-state index contributed by atoms with van der Waals surface area (Å²) < 4.78 is 5.23. The van der Waals surface area contributed by atoms with Gasteiger partial charge in [0.05, 0.1) is 13.2 Å². The summed E-state index contributed by atoms with van der Waals surface area (Å²) in [5, 5.41) is 10.2. The van der Waals surface area contributed by atoms with E-state index < -0.39 is 0 Å². The van der Waals surface area contributed by atoms with Crippen LogP contribution in [0.5, 0.6) is 5.75 Å². The molecular weight excluding hydrogens is 278 g/mol. The van der Waals surface area contributed by atoms with Crippen molar-refractivity contribution in [3.05, 3.63) is 29.8 Å². The monoisotopic (exact) mass is 303 g/mol. The Bertz CT molecular complexity index is 531. The SMILES string of the molecule is COc1cccc(C(=O)N2CCCCC2C2CCCC2O)c1. The van der Waals surface area contributed by atoms with Crippen LogP contribution in [-0.2, 0) is 0 Å². The first-order valence-electron chi connectivity index (χ1n) is 8.34. The molecule has 1 saturated heterocycles. The van der Waals surface area contributed by atoms with E-state index in [1.807, 2.05) is 23.1 Å². The predicted molar refractivity (Wildman–Crippen MR) is 85.0 cm³/mol. The molecule has 3 rings (SSSR count). The summed E-state index contributed by atoms with van der Waals surface area (Å²) in [5.74, 6) is 1.03. The second kappa shape index (κ2) is 6.69. The summed E-state index contributed by atoms with van der Waals surface area (Å²) in [6, 6.07) is 7.55. The summed E-state index contributed by atoms with van der Waals surface area (Å²) in [6.45, 7) is 0.796. The van der Waals surface area contributed by atoms with Crippen LogP contribution < -0.4 is 4.74 Å². The third-order valence-corrected chi connectivity index (χ3v) is 5.15. The van der Waals surface area contributed by atoms with Crippen LogP contribution in [0, 0.1) is 5.92 Å². The number of piperidine rings is 1. The molecule has 2 fully saturated rings. The average molecular weight is 303 g/mol. The molecular formula is C18H25NO3. The number of ether oxygens (including phenoxy) is 1. The zero-order valence-corrected chi connectivity index (χ0v) is 13.2. The molecule has 1 saturated carbocycles. The van der Waals surface area contributed by atoms with E-state index in [-0.39, 0.29) is 24.0 Å². The molecule has 1 aromatic rings. The normalized spacial score (nSPS) is 28.6. The summed E-state index contributed by atoms with van der Waals surface area (Å²) in [5.41, 5.74) is 0.679. The van der Waals surface area contributed by atoms with Gasteiger partial charge in [-0.25, -0.2) is 0 Å². The molecule has 4 nitrogen and oxygen atoms in total. The highest BCUT2D eigenvalue weighted by atomic mass is 16.5. The smallest absolute Gasteiger partial charge is 0.254 e. The van der Waals surface area contributed by atoms with Gasteiger partial charge in [-0.15, -0.1) is 0 Å². The molecule has 1 N–H and O–H groups in total. The van der Waals surface area contributed by atoms with Crippen LogP contribution in [0.15, 0.2) is 24.3 Å². The fourth-order valence-electron chi connectivity index (χ4n) is 3.99. The zero-order valence-electron chi connectivity index (χ0n) is 13.2. The van der Waals surface area contributed by atoms with E-state index in [0.29, 0.717) is 11.3 Å². The van der Waals surface area contributed by atoms with Crippen LogP contribution in [0.25, 0.3) is 0 Å². The highest BCUT2D eigenvalue weighted by Crippen LogP contribution is 2.35. The Balaban J connectivity index is 1.81. The largest absolute Gasteiger partial charge is 0.497 e. The van der Waals surface area contributed by atoms with E-state index in [2.05, 4.69) is 0 Å². The second-order valence-corrected chi connectivity index (χ2v) is 6.46. The van der Waals surface area contributed by atoms with Crippen LogP contribution in [0.4, 0.5) is 0 Å². The van der Waals surface area contributed by atoms with Crippen LogP contribution in [0.2, 0.25) is 0 Å². The maximum absolute atomic E-state index is 12.9. The van der Waals surface area contributed by atoms with E-state index >= 15 is 0 Å². The number of carbonyl (C=O) groups is 1. The molecule has 22 heavy (non-hydrogen) atoms. The molecule has 3 unspecified atom stereocenters. The summed E-state index contributed by atoms with van der Waals surface area (Å²) in [6.07, 6.45) is 5.95. The molecule has 1 aliphatic heterocycles. The van der Waals surface area contributed by atoms with Gasteiger partial charge in [0.25, 0.3) is 5.91 Å². The highest BCUT2D eigenvalue weighted by Gasteiger charge is 2.39. The number of benzene rings is 1. The Morgan fingerprint density at radius 2 is 2.09 bits per heavy atom. The van der Waals surface area contributed by atoms with E-state index in [1.165, 1.54) is 0 Å². The number of amides is 1. The number of nitrogens with zero attached hydrogens (tertiary/aromatic N) is 1. The van der Waals surface area contributed by atoms with E-state index in [4.69, 9.17) is 4.74 Å². The molecule has 120 valence electrons. The minimum atomic E-state index is -0.247. The van der Waals surface area contributed by atoms with Gasteiger partial charge in [0.2, 0.25) is 0 Å². The van der Waals surface area contributed by atoms with Gasteiger partial charge < -0.3 is 14.7 Å². The number of aliphatic hydroxyl groups excluding tert-OH is 1. The topological polar surface area (TPSA) is 49.8 Å². The Morgan fingerprint density at radius 3 is 2.82 bits per heavy atom. The van der Waals surface area contributed by atoms with Crippen molar-refractivity contribution >= 4 is 5.91 Å². The quantitative estimate of drug-likeness (QED) is 0.934. The second-order valence-electron chi connectivity index (χ2n) is 6.46. The maximum atomic E-state index is 12.9. The molecule has 1 aliphatic carbocycles. The van der Waals surface area contributed by atoms with Gasteiger partial charge in [0, 0.05) is 24.1 Å². The van der Waals surface area contributed by atoms with Crippen molar-refractivity contribution in [2.75, 3.05) is 13.7 Å². The molecule has 2 aliphatic rings. The molecule has 1 amide bonds. The summed E-state index contributed by atoms with van der Waals surface area (Å²) >= 11 is 0. The first-order valence-corrected chi connectivity index (χ1v) is 8.34. The van der Waals surface area contributed by atoms with E-state index in [0.717, 1.165) is 45.1 Å². The molecule has 0 radical (unpaired) electrons. The molecule has 1 aromatic carbocycles. The lowest BCUT2D eigenvalue weighted by molar-refractivity contribution is 0.0287. The first kappa shape index (κ1) is 15.3. The number of hydrogen-bond acceptors (Lipinski definition) is 3. The third kappa shape index (κ3) is 2.98. The Labute approximate surface area is 132 Å². The summed E-state index contributed by atoms with van der Waals surface area (Å²) in [7, 11) is 1.61. The summed E-state index contributed by atoms with van der Waals surface area (Å²) in [4.78, 5) is 14.9. The standard InChI is InChI=1S/C18H25NO3/c1-22-14-7-4-6-13(12-14)18(21)19-11-3-2-9-16(19)15-8-5-10-17(15)20/h4,6-7,12,15-17,20H,2-3,5,8-11H2,1H3. The lowest BCUT2D eigenvalue weighted by Gasteiger charge is -2.40. The van der Waals surface area contributed by atoms with Crippen LogP contribution >= 0.6 is 0 Å². The van der Waals surface area contributed by atoms with Crippen LogP contribution in [-0.4, -0.2) is 41.7 Å². The average Bonchev–Trinajstić information content (AvgIpc) is 3.00. The van der Waals surface area contributed by atoms with Crippen molar-refractivity contribution in [1.82, 2.24) is 4.90 Å². The van der Waals surface area contributed by atoms with Crippen molar-refractivity contribution in [3.8, 4) is 5.75 Å². The van der Waals surface area contributed by atoms with Gasteiger partial charge in [-0.3, -0.25) is 4.79 Å². The molecule has 3 atom stereocenters. The van der Waals surface area contributed by atoms with Crippen molar-refractivity contribution < 1.29 is 14.6 Å². The molecule has 0 spiro atoms. The molecule has 4 heteroatoms. The number of carbonyl (C=O) groups excluding carboxylic acids is 1. The van der Waals surface area contributed by atoms with Gasteiger partial charge in [0.1, 0.15) is 5.75 Å². The van der Waals surface area contributed by atoms with Crippen LogP contribution in [0.1, 0.15) is 48.9 Å².